The summed E-state index contributed by atoms with van der Waals surface area (Å²) in [6, 6.07) is 12.7. The minimum Gasteiger partial charge on any atom is -0.450 e. The lowest BCUT2D eigenvalue weighted by molar-refractivity contribution is 0.0927. The molecule has 2 aromatic carbocycles. The Kier molecular flexibility index (Phi) is 6.15. The van der Waals surface area contributed by atoms with Crippen molar-refractivity contribution in [3.05, 3.63) is 69.9 Å². The van der Waals surface area contributed by atoms with Crippen LogP contribution in [0.3, 0.4) is 0 Å². The van der Waals surface area contributed by atoms with Gasteiger partial charge in [0.25, 0.3) is 5.91 Å². The van der Waals surface area contributed by atoms with E-state index in [-0.39, 0.29) is 18.0 Å². The smallest absolute Gasteiger partial charge is 0.410 e. The molecule has 2 amide bonds. The third kappa shape index (κ3) is 4.11. The Balaban J connectivity index is 1.75. The van der Waals surface area contributed by atoms with Gasteiger partial charge in [-0.05, 0) is 54.8 Å². The number of nitrogens with one attached hydrogen (secondary N) is 2. The topological polar surface area (TPSA) is 100 Å². The van der Waals surface area contributed by atoms with E-state index >= 15 is 0 Å². The standard InChI is InChI=1S/C23H25ClN4O3/c1-2-31-23(30)28-12-9-17-18-13-16(24)7-8-19(18)27-20(17)21(28)14-3-5-15(6-4-14)22(29)26-11-10-25/h3-8,13,21,27H,2,9-12,25H2,1H3,(H,26,29). The third-order valence-corrected chi connectivity index (χ3v) is 5.74. The first-order valence-corrected chi connectivity index (χ1v) is 10.7. The molecule has 1 atom stereocenters. The molecule has 0 saturated heterocycles. The number of nitrogens with two attached hydrogens (primary N) is 1. The Morgan fingerprint density at radius 1 is 1.26 bits per heavy atom. The molecule has 1 aromatic heterocycles. The maximum atomic E-state index is 12.7. The van der Waals surface area contributed by atoms with Crippen molar-refractivity contribution in [2.24, 2.45) is 5.73 Å². The zero-order valence-electron chi connectivity index (χ0n) is 17.3. The van der Waals surface area contributed by atoms with E-state index < -0.39 is 0 Å². The number of fused-ring (bicyclic) bond motifs is 3. The number of aromatic nitrogens is 1. The monoisotopic (exact) mass is 440 g/mol. The number of hydrogen-bond acceptors (Lipinski definition) is 4. The van der Waals surface area contributed by atoms with Crippen LogP contribution in [0.4, 0.5) is 4.79 Å². The van der Waals surface area contributed by atoms with Crippen molar-refractivity contribution in [2.45, 2.75) is 19.4 Å². The molecule has 4 rings (SSSR count). The van der Waals surface area contributed by atoms with Crippen molar-refractivity contribution in [3.8, 4) is 0 Å². The van der Waals surface area contributed by atoms with Gasteiger partial charge in [0, 0.05) is 46.8 Å². The second-order valence-corrected chi connectivity index (χ2v) is 7.86. The minimum atomic E-state index is -0.361. The lowest BCUT2D eigenvalue weighted by Crippen LogP contribution is -2.41. The first-order chi connectivity index (χ1) is 15.0. The van der Waals surface area contributed by atoms with Crippen LogP contribution < -0.4 is 11.1 Å². The average molecular weight is 441 g/mol. The zero-order valence-corrected chi connectivity index (χ0v) is 18.0. The normalized spacial score (nSPS) is 15.6. The molecule has 8 heteroatoms. The average Bonchev–Trinajstić information content (AvgIpc) is 3.15. The Bertz CT molecular complexity index is 1110. The molecule has 7 nitrogen and oxygen atoms in total. The van der Waals surface area contributed by atoms with Gasteiger partial charge >= 0.3 is 6.09 Å². The van der Waals surface area contributed by atoms with Crippen LogP contribution in [0.15, 0.2) is 42.5 Å². The number of aromatic amines is 1. The maximum Gasteiger partial charge on any atom is 0.410 e. The van der Waals surface area contributed by atoms with Crippen LogP contribution >= 0.6 is 11.6 Å². The number of H-pyrrole nitrogens is 1. The molecule has 0 aliphatic carbocycles. The number of hydrogen-bond donors (Lipinski definition) is 3. The van der Waals surface area contributed by atoms with Crippen LogP contribution in [0.2, 0.25) is 5.02 Å². The number of halogens is 1. The summed E-state index contributed by atoms with van der Waals surface area (Å²) in [6.45, 7) is 3.42. The first kappa shape index (κ1) is 21.2. The third-order valence-electron chi connectivity index (χ3n) is 5.51. The molecule has 0 bridgehead atoms. The predicted octanol–water partition coefficient (Wildman–Crippen LogP) is 3.61. The van der Waals surface area contributed by atoms with E-state index in [9.17, 15) is 9.59 Å². The van der Waals surface area contributed by atoms with Gasteiger partial charge in [-0.2, -0.15) is 0 Å². The van der Waals surface area contributed by atoms with Gasteiger partial charge in [-0.15, -0.1) is 0 Å². The molecule has 3 aromatic rings. The number of carbonyl (C=O) groups is 2. The molecular formula is C23H25ClN4O3. The molecule has 162 valence electrons. The quantitative estimate of drug-likeness (QED) is 0.564. The highest BCUT2D eigenvalue weighted by Crippen LogP contribution is 2.39. The largest absolute Gasteiger partial charge is 0.450 e. The van der Waals surface area contributed by atoms with Gasteiger partial charge in [0.2, 0.25) is 0 Å². The number of ether oxygens (including phenoxy) is 1. The van der Waals surface area contributed by atoms with E-state index in [2.05, 4.69) is 10.3 Å². The van der Waals surface area contributed by atoms with E-state index in [0.717, 1.165) is 27.7 Å². The molecule has 0 fully saturated rings. The lowest BCUT2D eigenvalue weighted by atomic mass is 9.92. The van der Waals surface area contributed by atoms with Gasteiger partial charge in [-0.1, -0.05) is 23.7 Å². The van der Waals surface area contributed by atoms with E-state index in [1.165, 1.54) is 0 Å². The van der Waals surface area contributed by atoms with Crippen molar-refractivity contribution >= 4 is 34.5 Å². The number of nitrogens with zero attached hydrogens (tertiary/aromatic N) is 1. The first-order valence-electron chi connectivity index (χ1n) is 10.3. The van der Waals surface area contributed by atoms with E-state index in [0.29, 0.717) is 43.2 Å². The molecular weight excluding hydrogens is 416 g/mol. The van der Waals surface area contributed by atoms with Gasteiger partial charge in [0.1, 0.15) is 6.04 Å². The fourth-order valence-corrected chi connectivity index (χ4v) is 4.29. The Labute approximate surface area is 185 Å². The summed E-state index contributed by atoms with van der Waals surface area (Å²) in [5, 5.41) is 4.50. The van der Waals surface area contributed by atoms with E-state index in [1.807, 2.05) is 30.3 Å². The van der Waals surface area contributed by atoms with Crippen LogP contribution in [0.1, 0.15) is 40.1 Å². The summed E-state index contributed by atoms with van der Waals surface area (Å²) in [5.74, 6) is -0.177. The molecule has 4 N–H and O–H groups in total. The number of amides is 2. The maximum absolute atomic E-state index is 12.7. The van der Waals surface area contributed by atoms with Gasteiger partial charge in [-0.3, -0.25) is 9.69 Å². The lowest BCUT2D eigenvalue weighted by Gasteiger charge is -2.35. The molecule has 2 heterocycles. The van der Waals surface area contributed by atoms with Crippen molar-refractivity contribution in [3.63, 3.8) is 0 Å². The van der Waals surface area contributed by atoms with Crippen molar-refractivity contribution in [1.82, 2.24) is 15.2 Å². The highest BCUT2D eigenvalue weighted by atomic mass is 35.5. The number of rotatable bonds is 5. The second kappa shape index (κ2) is 8.99. The zero-order chi connectivity index (χ0) is 22.0. The molecule has 0 spiro atoms. The van der Waals surface area contributed by atoms with Crippen molar-refractivity contribution in [2.75, 3.05) is 26.2 Å². The number of carbonyl (C=O) groups excluding carboxylic acids is 2. The Hall–Kier alpha value is -3.03. The van der Waals surface area contributed by atoms with Crippen LogP contribution in [-0.4, -0.2) is 48.1 Å². The van der Waals surface area contributed by atoms with Crippen LogP contribution in [0.5, 0.6) is 0 Å². The molecule has 1 unspecified atom stereocenters. The summed E-state index contributed by atoms with van der Waals surface area (Å²) in [4.78, 5) is 30.2. The van der Waals surface area contributed by atoms with E-state index in [1.54, 1.807) is 24.0 Å². The minimum absolute atomic E-state index is 0.177. The Morgan fingerprint density at radius 3 is 2.74 bits per heavy atom. The molecule has 0 radical (unpaired) electrons. The molecule has 31 heavy (non-hydrogen) atoms. The van der Waals surface area contributed by atoms with E-state index in [4.69, 9.17) is 22.1 Å². The highest BCUT2D eigenvalue weighted by Gasteiger charge is 2.35. The fraction of sp³-hybridized carbons (Fsp3) is 0.304. The van der Waals surface area contributed by atoms with Crippen LogP contribution in [0, 0.1) is 0 Å². The predicted molar refractivity (Wildman–Crippen MR) is 120 cm³/mol. The fourth-order valence-electron chi connectivity index (χ4n) is 4.11. The summed E-state index contributed by atoms with van der Waals surface area (Å²) >= 11 is 6.23. The summed E-state index contributed by atoms with van der Waals surface area (Å²) < 4.78 is 5.32. The van der Waals surface area contributed by atoms with Gasteiger partial charge in [0.15, 0.2) is 0 Å². The molecule has 1 aliphatic heterocycles. The Morgan fingerprint density at radius 2 is 2.03 bits per heavy atom. The molecule has 0 saturated carbocycles. The molecule has 1 aliphatic rings. The van der Waals surface area contributed by atoms with Crippen molar-refractivity contribution in [1.29, 1.82) is 0 Å². The highest BCUT2D eigenvalue weighted by molar-refractivity contribution is 6.31. The van der Waals surface area contributed by atoms with Crippen LogP contribution in [-0.2, 0) is 11.2 Å². The summed E-state index contributed by atoms with van der Waals surface area (Å²) in [5.41, 5.74) is 9.95. The van der Waals surface area contributed by atoms with Crippen LogP contribution in [0.25, 0.3) is 10.9 Å². The number of benzene rings is 2. The van der Waals surface area contributed by atoms with Crippen molar-refractivity contribution < 1.29 is 14.3 Å². The van der Waals surface area contributed by atoms with Gasteiger partial charge < -0.3 is 20.8 Å². The van der Waals surface area contributed by atoms with Gasteiger partial charge in [-0.25, -0.2) is 4.79 Å². The summed E-state index contributed by atoms with van der Waals surface area (Å²) in [6.07, 6.45) is 0.337. The SMILES string of the molecule is CCOC(=O)N1CCc2c([nH]c3ccc(Cl)cc23)C1c1ccc(C(=O)NCCN)cc1. The summed E-state index contributed by atoms with van der Waals surface area (Å²) in [7, 11) is 0. The second-order valence-electron chi connectivity index (χ2n) is 7.42. The van der Waals surface area contributed by atoms with Gasteiger partial charge in [0.05, 0.1) is 6.61 Å².